The number of rotatable bonds is 5. The van der Waals surface area contributed by atoms with Gasteiger partial charge in [0, 0.05) is 12.8 Å². The zero-order chi connectivity index (χ0) is 13.8. The second kappa shape index (κ2) is 5.69. The molecule has 1 amide bonds. The zero-order valence-corrected chi connectivity index (χ0v) is 10.8. The van der Waals surface area contributed by atoms with Gasteiger partial charge in [0.25, 0.3) is 0 Å². The lowest BCUT2D eigenvalue weighted by atomic mass is 10.2. The van der Waals surface area contributed by atoms with Crippen LogP contribution in [-0.4, -0.2) is 34.3 Å². The van der Waals surface area contributed by atoms with Crippen molar-refractivity contribution in [2.75, 3.05) is 31.0 Å². The van der Waals surface area contributed by atoms with Crippen LogP contribution in [-0.2, 0) is 19.6 Å². The zero-order valence-electron chi connectivity index (χ0n) is 9.97. The summed E-state index contributed by atoms with van der Waals surface area (Å²) in [5.74, 6) is -0.447. The molecule has 1 aromatic carbocycles. The molecule has 0 unspecified atom stereocenters. The minimum absolute atomic E-state index is 0.00356. The fourth-order valence-corrected chi connectivity index (χ4v) is 1.67. The predicted molar refractivity (Wildman–Crippen MR) is 66.8 cm³/mol. The number of amides is 1. The molecule has 0 saturated carbocycles. The monoisotopic (exact) mass is 274 g/mol. The fraction of sp³-hybridized carbons (Fsp3) is 0.300. The van der Waals surface area contributed by atoms with Gasteiger partial charge in [-0.2, -0.15) is 8.42 Å². The van der Waals surface area contributed by atoms with E-state index in [9.17, 15) is 13.2 Å². The molecular weight excluding hydrogens is 260 g/mol. The number of hydrogen-bond donors (Lipinski definition) is 2. The Morgan fingerprint density at radius 2 is 2.11 bits per heavy atom. The van der Waals surface area contributed by atoms with E-state index in [1.54, 1.807) is 0 Å². The van der Waals surface area contributed by atoms with Gasteiger partial charge in [0.1, 0.15) is 6.61 Å². The van der Waals surface area contributed by atoms with Crippen molar-refractivity contribution in [3.05, 3.63) is 18.2 Å². The van der Waals surface area contributed by atoms with Crippen molar-refractivity contribution in [1.82, 2.24) is 0 Å². The Hall–Kier alpha value is -1.80. The summed E-state index contributed by atoms with van der Waals surface area (Å²) >= 11 is 0. The lowest BCUT2D eigenvalue weighted by Gasteiger charge is -2.11. The standard InChI is InChI=1S/C10H14N2O5S/c1-16-6-10(13)12-8-5-7(11)3-4-9(8)17-18(2,14)15/h3-5H,6,11H2,1-2H3,(H,12,13). The lowest BCUT2D eigenvalue weighted by Crippen LogP contribution is -2.18. The second-order valence-corrected chi connectivity index (χ2v) is 5.10. The molecule has 0 atom stereocenters. The summed E-state index contributed by atoms with van der Waals surface area (Å²) in [7, 11) is -2.32. The summed E-state index contributed by atoms with van der Waals surface area (Å²) in [5.41, 5.74) is 6.09. The molecule has 0 aliphatic rings. The van der Waals surface area contributed by atoms with Gasteiger partial charge in [0.05, 0.1) is 11.9 Å². The van der Waals surface area contributed by atoms with Crippen LogP contribution in [0.3, 0.4) is 0 Å². The highest BCUT2D eigenvalue weighted by Crippen LogP contribution is 2.27. The summed E-state index contributed by atoms with van der Waals surface area (Å²) < 4.78 is 31.5. The Morgan fingerprint density at radius 1 is 1.44 bits per heavy atom. The molecule has 0 aromatic heterocycles. The summed E-state index contributed by atoms with van der Waals surface area (Å²) in [6.07, 6.45) is 0.907. The normalized spacial score (nSPS) is 11.0. The Bertz CT molecular complexity index is 541. The van der Waals surface area contributed by atoms with Crippen molar-refractivity contribution in [1.29, 1.82) is 0 Å². The van der Waals surface area contributed by atoms with E-state index in [1.807, 2.05) is 0 Å². The highest BCUT2D eigenvalue weighted by atomic mass is 32.2. The SMILES string of the molecule is COCC(=O)Nc1cc(N)ccc1OS(C)(=O)=O. The third kappa shape index (κ3) is 4.60. The molecule has 1 rings (SSSR count). The first-order valence-electron chi connectivity index (χ1n) is 4.89. The molecule has 0 radical (unpaired) electrons. The van der Waals surface area contributed by atoms with Gasteiger partial charge in [-0.15, -0.1) is 0 Å². The average molecular weight is 274 g/mol. The summed E-state index contributed by atoms with van der Waals surface area (Å²) in [6, 6.07) is 4.22. The summed E-state index contributed by atoms with van der Waals surface area (Å²) in [4.78, 5) is 11.4. The van der Waals surface area contributed by atoms with Crippen molar-refractivity contribution in [2.24, 2.45) is 0 Å². The third-order valence-electron chi connectivity index (χ3n) is 1.79. The quantitative estimate of drug-likeness (QED) is 0.586. The van der Waals surface area contributed by atoms with Crippen LogP contribution in [0, 0.1) is 0 Å². The number of nitrogens with two attached hydrogens (primary N) is 1. The van der Waals surface area contributed by atoms with E-state index >= 15 is 0 Å². The number of carbonyl (C=O) groups excluding carboxylic acids is 1. The summed E-state index contributed by atoms with van der Waals surface area (Å²) in [6.45, 7) is -0.160. The van der Waals surface area contributed by atoms with Crippen LogP contribution >= 0.6 is 0 Å². The van der Waals surface area contributed by atoms with Gasteiger partial charge < -0.3 is 20.0 Å². The topological polar surface area (TPSA) is 108 Å². The molecule has 0 aliphatic carbocycles. The molecule has 0 spiro atoms. The molecule has 18 heavy (non-hydrogen) atoms. The van der Waals surface area contributed by atoms with Crippen LogP contribution < -0.4 is 15.2 Å². The highest BCUT2D eigenvalue weighted by Gasteiger charge is 2.12. The van der Waals surface area contributed by atoms with Crippen LogP contribution in [0.5, 0.6) is 5.75 Å². The number of hydrogen-bond acceptors (Lipinski definition) is 6. The number of nitrogens with one attached hydrogen (secondary N) is 1. The molecule has 7 nitrogen and oxygen atoms in total. The number of nitrogen functional groups attached to an aromatic ring is 1. The number of ether oxygens (including phenoxy) is 1. The van der Waals surface area contributed by atoms with E-state index in [2.05, 4.69) is 10.1 Å². The van der Waals surface area contributed by atoms with Crippen molar-refractivity contribution in [2.45, 2.75) is 0 Å². The molecule has 0 heterocycles. The maximum Gasteiger partial charge on any atom is 0.306 e. The predicted octanol–water partition coefficient (Wildman–Crippen LogP) is 0.192. The average Bonchev–Trinajstić information content (AvgIpc) is 2.20. The van der Waals surface area contributed by atoms with Gasteiger partial charge in [-0.3, -0.25) is 4.79 Å². The van der Waals surface area contributed by atoms with Gasteiger partial charge >= 0.3 is 10.1 Å². The third-order valence-corrected chi connectivity index (χ3v) is 2.28. The maximum absolute atomic E-state index is 11.4. The van der Waals surface area contributed by atoms with Gasteiger partial charge in [-0.1, -0.05) is 0 Å². The molecule has 3 N–H and O–H groups in total. The molecule has 0 saturated heterocycles. The molecular formula is C10H14N2O5S. The van der Waals surface area contributed by atoms with Crippen LogP contribution in [0.2, 0.25) is 0 Å². The Labute approximate surface area is 105 Å². The minimum atomic E-state index is -3.68. The Balaban J connectivity index is 3.00. The van der Waals surface area contributed by atoms with Crippen molar-refractivity contribution in [3.63, 3.8) is 0 Å². The van der Waals surface area contributed by atoms with Crippen LogP contribution in [0.1, 0.15) is 0 Å². The molecule has 0 bridgehead atoms. The molecule has 0 fully saturated rings. The number of carbonyl (C=O) groups is 1. The maximum atomic E-state index is 11.4. The van der Waals surface area contributed by atoms with E-state index in [0.29, 0.717) is 5.69 Å². The molecule has 100 valence electrons. The number of benzene rings is 1. The first-order valence-corrected chi connectivity index (χ1v) is 6.71. The lowest BCUT2D eigenvalue weighted by molar-refractivity contribution is -0.119. The van der Waals surface area contributed by atoms with E-state index in [-0.39, 0.29) is 18.0 Å². The van der Waals surface area contributed by atoms with Crippen molar-refractivity contribution < 1.29 is 22.1 Å². The molecule has 8 heteroatoms. The largest absolute Gasteiger partial charge is 0.399 e. The van der Waals surface area contributed by atoms with Crippen LogP contribution in [0.4, 0.5) is 11.4 Å². The van der Waals surface area contributed by atoms with Crippen LogP contribution in [0.15, 0.2) is 18.2 Å². The minimum Gasteiger partial charge on any atom is -0.399 e. The van der Waals surface area contributed by atoms with E-state index in [1.165, 1.54) is 25.3 Å². The highest BCUT2D eigenvalue weighted by molar-refractivity contribution is 7.86. The van der Waals surface area contributed by atoms with Gasteiger partial charge in [-0.25, -0.2) is 0 Å². The molecule has 0 aliphatic heterocycles. The van der Waals surface area contributed by atoms with Gasteiger partial charge in [0.2, 0.25) is 5.91 Å². The van der Waals surface area contributed by atoms with Gasteiger partial charge in [-0.05, 0) is 18.2 Å². The van der Waals surface area contributed by atoms with Crippen molar-refractivity contribution in [3.8, 4) is 5.75 Å². The first-order chi connectivity index (χ1) is 8.31. The first kappa shape index (κ1) is 14.3. The van der Waals surface area contributed by atoms with E-state index in [0.717, 1.165) is 6.26 Å². The number of anilines is 2. The smallest absolute Gasteiger partial charge is 0.306 e. The second-order valence-electron chi connectivity index (χ2n) is 3.52. The van der Waals surface area contributed by atoms with Gasteiger partial charge in [0.15, 0.2) is 5.75 Å². The van der Waals surface area contributed by atoms with Crippen LogP contribution in [0.25, 0.3) is 0 Å². The Morgan fingerprint density at radius 3 is 2.67 bits per heavy atom. The summed E-state index contributed by atoms with van der Waals surface area (Å²) in [5, 5.41) is 2.44. The fourth-order valence-electron chi connectivity index (χ4n) is 1.20. The van der Waals surface area contributed by atoms with Crippen molar-refractivity contribution >= 4 is 27.4 Å². The number of methoxy groups -OCH3 is 1. The Kier molecular flexibility index (Phi) is 4.51. The van der Waals surface area contributed by atoms with E-state index < -0.39 is 16.0 Å². The molecule has 1 aromatic rings. The van der Waals surface area contributed by atoms with E-state index in [4.69, 9.17) is 9.92 Å².